The van der Waals surface area contributed by atoms with Crippen molar-refractivity contribution in [1.82, 2.24) is 10.6 Å². The molecule has 2 rings (SSSR count). The van der Waals surface area contributed by atoms with Gasteiger partial charge >= 0.3 is 12.0 Å². The predicted molar refractivity (Wildman–Crippen MR) is 71.4 cm³/mol. The topological polar surface area (TPSA) is 90.5 Å². The Labute approximate surface area is 119 Å². The Balaban J connectivity index is 2.06. The molecule has 114 valence electrons. The van der Waals surface area contributed by atoms with E-state index in [1.54, 1.807) is 0 Å². The first-order valence-electron chi connectivity index (χ1n) is 6.48. The molecule has 4 N–H and O–H groups in total. The molecule has 6 nitrogen and oxygen atoms in total. The number of hydrogen-bond donors (Lipinski definition) is 4. The third kappa shape index (κ3) is 3.88. The molecule has 0 unspecified atom stereocenters. The third-order valence-electron chi connectivity index (χ3n) is 3.21. The summed E-state index contributed by atoms with van der Waals surface area (Å²) in [5.74, 6) is -3.75. The smallest absolute Gasteiger partial charge is 0.338 e. The lowest BCUT2D eigenvalue weighted by Gasteiger charge is -2.23. The zero-order chi connectivity index (χ0) is 15.4. The van der Waals surface area contributed by atoms with E-state index in [0.29, 0.717) is 6.07 Å². The summed E-state index contributed by atoms with van der Waals surface area (Å²) >= 11 is 0. The van der Waals surface area contributed by atoms with E-state index in [1.165, 1.54) is 0 Å². The molecule has 0 aromatic heterocycles. The van der Waals surface area contributed by atoms with Gasteiger partial charge in [-0.15, -0.1) is 0 Å². The van der Waals surface area contributed by atoms with Gasteiger partial charge in [0.2, 0.25) is 0 Å². The Morgan fingerprint density at radius 2 is 1.86 bits per heavy atom. The van der Waals surface area contributed by atoms with Crippen molar-refractivity contribution >= 4 is 17.7 Å². The van der Waals surface area contributed by atoms with Crippen molar-refractivity contribution in [2.45, 2.75) is 18.9 Å². The highest BCUT2D eigenvalue weighted by Gasteiger charge is 2.19. The lowest BCUT2D eigenvalue weighted by Crippen LogP contribution is -2.44. The van der Waals surface area contributed by atoms with Gasteiger partial charge in [0.05, 0.1) is 11.3 Å². The van der Waals surface area contributed by atoms with Crippen molar-refractivity contribution in [3.8, 4) is 0 Å². The number of carbonyl (C=O) groups is 2. The summed E-state index contributed by atoms with van der Waals surface area (Å²) < 4.78 is 26.8. The van der Waals surface area contributed by atoms with Crippen LogP contribution >= 0.6 is 0 Å². The molecule has 1 saturated heterocycles. The molecule has 0 aliphatic carbocycles. The van der Waals surface area contributed by atoms with Gasteiger partial charge in [-0.1, -0.05) is 0 Å². The summed E-state index contributed by atoms with van der Waals surface area (Å²) in [6.07, 6.45) is 1.50. The van der Waals surface area contributed by atoms with Crippen LogP contribution in [0.3, 0.4) is 0 Å². The molecule has 1 aromatic rings. The lowest BCUT2D eigenvalue weighted by atomic mass is 10.1. The largest absolute Gasteiger partial charge is 0.478 e. The first kappa shape index (κ1) is 15.2. The monoisotopic (exact) mass is 299 g/mol. The molecule has 0 atom stereocenters. The molecule has 8 heteroatoms. The summed E-state index contributed by atoms with van der Waals surface area (Å²) in [7, 11) is 0. The van der Waals surface area contributed by atoms with Crippen LogP contribution in [0.15, 0.2) is 12.1 Å². The summed E-state index contributed by atoms with van der Waals surface area (Å²) in [4.78, 5) is 22.5. The van der Waals surface area contributed by atoms with Crippen molar-refractivity contribution in [3.05, 3.63) is 29.3 Å². The standard InChI is InChI=1S/C13H15F2N3O3/c14-9-6-10(15)11(5-8(9)12(19)20)18-13(21)17-7-1-3-16-4-2-7/h5-7,16H,1-4H2,(H,19,20)(H2,17,18,21). The van der Waals surface area contributed by atoms with Gasteiger partial charge in [0.1, 0.15) is 11.6 Å². The van der Waals surface area contributed by atoms with Crippen LogP contribution in [0, 0.1) is 11.6 Å². The first-order valence-corrected chi connectivity index (χ1v) is 6.48. The number of hydrogen-bond acceptors (Lipinski definition) is 3. The molecule has 0 radical (unpaired) electrons. The van der Waals surface area contributed by atoms with Crippen molar-refractivity contribution in [2.24, 2.45) is 0 Å². The fraction of sp³-hybridized carbons (Fsp3) is 0.385. The van der Waals surface area contributed by atoms with Crippen LogP contribution in [-0.4, -0.2) is 36.2 Å². The van der Waals surface area contributed by atoms with Gasteiger partial charge < -0.3 is 21.1 Å². The van der Waals surface area contributed by atoms with E-state index in [2.05, 4.69) is 16.0 Å². The Hall–Kier alpha value is -2.22. The maximum atomic E-state index is 13.5. The Bertz CT molecular complexity index is 560. The van der Waals surface area contributed by atoms with E-state index in [-0.39, 0.29) is 11.7 Å². The molecule has 1 aromatic carbocycles. The fourth-order valence-corrected chi connectivity index (χ4v) is 2.12. The Morgan fingerprint density at radius 3 is 2.48 bits per heavy atom. The lowest BCUT2D eigenvalue weighted by molar-refractivity contribution is 0.0692. The number of anilines is 1. The van der Waals surface area contributed by atoms with Gasteiger partial charge in [-0.25, -0.2) is 18.4 Å². The van der Waals surface area contributed by atoms with E-state index in [4.69, 9.17) is 5.11 Å². The molecule has 21 heavy (non-hydrogen) atoms. The number of carboxylic acids is 1. The SMILES string of the molecule is O=C(Nc1cc(C(=O)O)c(F)cc1F)NC1CCNCC1. The van der Waals surface area contributed by atoms with Crippen LogP contribution in [0.1, 0.15) is 23.2 Å². The second-order valence-corrected chi connectivity index (χ2v) is 4.74. The summed E-state index contributed by atoms with van der Waals surface area (Å²) in [5, 5.41) is 16.8. The van der Waals surface area contributed by atoms with Gasteiger partial charge in [0.15, 0.2) is 0 Å². The average Bonchev–Trinajstić information content (AvgIpc) is 2.42. The van der Waals surface area contributed by atoms with Crippen LogP contribution in [0.25, 0.3) is 0 Å². The van der Waals surface area contributed by atoms with Crippen LogP contribution in [-0.2, 0) is 0 Å². The zero-order valence-corrected chi connectivity index (χ0v) is 11.1. The fourth-order valence-electron chi connectivity index (χ4n) is 2.12. The molecule has 0 bridgehead atoms. The van der Waals surface area contributed by atoms with Crippen LogP contribution < -0.4 is 16.0 Å². The minimum atomic E-state index is -1.53. The number of urea groups is 1. The van der Waals surface area contributed by atoms with E-state index in [0.717, 1.165) is 32.0 Å². The minimum Gasteiger partial charge on any atom is -0.478 e. The van der Waals surface area contributed by atoms with Crippen molar-refractivity contribution in [1.29, 1.82) is 0 Å². The van der Waals surface area contributed by atoms with E-state index >= 15 is 0 Å². The van der Waals surface area contributed by atoms with Crippen LogP contribution in [0.4, 0.5) is 19.3 Å². The summed E-state index contributed by atoms with van der Waals surface area (Å²) in [6.45, 7) is 1.55. The molecule has 0 saturated carbocycles. The number of benzene rings is 1. The molecule has 0 spiro atoms. The summed E-state index contributed by atoms with van der Waals surface area (Å²) in [5.41, 5.74) is -1.08. The van der Waals surface area contributed by atoms with E-state index in [9.17, 15) is 18.4 Å². The third-order valence-corrected chi connectivity index (χ3v) is 3.21. The molecule has 1 heterocycles. The number of halogens is 2. The van der Waals surface area contributed by atoms with Gasteiger partial charge in [0, 0.05) is 12.1 Å². The highest BCUT2D eigenvalue weighted by molar-refractivity contribution is 5.93. The molecule has 1 aliphatic rings. The second-order valence-electron chi connectivity index (χ2n) is 4.74. The number of carboxylic acid groups (broad SMARTS) is 1. The molecule has 2 amide bonds. The van der Waals surface area contributed by atoms with Crippen molar-refractivity contribution in [3.63, 3.8) is 0 Å². The minimum absolute atomic E-state index is 0.0336. The van der Waals surface area contributed by atoms with E-state index in [1.807, 2.05) is 0 Å². The van der Waals surface area contributed by atoms with Gasteiger partial charge in [-0.2, -0.15) is 0 Å². The number of amides is 2. The zero-order valence-electron chi connectivity index (χ0n) is 11.1. The highest BCUT2D eigenvalue weighted by atomic mass is 19.1. The van der Waals surface area contributed by atoms with E-state index < -0.39 is 29.2 Å². The van der Waals surface area contributed by atoms with Gasteiger partial charge in [-0.3, -0.25) is 0 Å². The maximum Gasteiger partial charge on any atom is 0.338 e. The van der Waals surface area contributed by atoms with Crippen LogP contribution in [0.5, 0.6) is 0 Å². The van der Waals surface area contributed by atoms with Crippen molar-refractivity contribution < 1.29 is 23.5 Å². The van der Waals surface area contributed by atoms with Crippen molar-refractivity contribution in [2.75, 3.05) is 18.4 Å². The first-order chi connectivity index (χ1) is 9.97. The number of rotatable bonds is 3. The Kier molecular flexibility index (Phi) is 4.69. The van der Waals surface area contributed by atoms with Gasteiger partial charge in [-0.05, 0) is 32.0 Å². The number of aromatic carboxylic acids is 1. The molecular formula is C13H15F2N3O3. The number of piperidine rings is 1. The maximum absolute atomic E-state index is 13.5. The molecule has 1 aliphatic heterocycles. The van der Waals surface area contributed by atoms with Gasteiger partial charge in [0.25, 0.3) is 0 Å². The van der Waals surface area contributed by atoms with Crippen LogP contribution in [0.2, 0.25) is 0 Å². The summed E-state index contributed by atoms with van der Waals surface area (Å²) in [6, 6.07) is 0.510. The molecular weight excluding hydrogens is 284 g/mol. The second kappa shape index (κ2) is 6.49. The number of carbonyl (C=O) groups excluding carboxylic acids is 1. The normalized spacial score (nSPS) is 15.5. The highest BCUT2D eigenvalue weighted by Crippen LogP contribution is 2.19. The number of nitrogens with one attached hydrogen (secondary N) is 3. The predicted octanol–water partition coefficient (Wildman–Crippen LogP) is 1.54. The quantitative estimate of drug-likeness (QED) is 0.681. The Morgan fingerprint density at radius 1 is 1.19 bits per heavy atom. The molecule has 1 fully saturated rings. The average molecular weight is 299 g/mol.